The minimum absolute atomic E-state index is 0.109. The van der Waals surface area contributed by atoms with Crippen molar-refractivity contribution in [2.45, 2.75) is 6.92 Å². The SMILES string of the molecule is COc1ccccc1N(CC(=O)N/N=C(\C)c1cccc([N+](=O)[O-])c1)S(C)(=O)=O. The van der Waals surface area contributed by atoms with Gasteiger partial charge in [0.15, 0.2) is 0 Å². The highest BCUT2D eigenvalue weighted by Crippen LogP contribution is 2.29. The molecule has 0 aliphatic heterocycles. The van der Waals surface area contributed by atoms with Gasteiger partial charge in [0.2, 0.25) is 10.0 Å². The van der Waals surface area contributed by atoms with E-state index in [4.69, 9.17) is 4.74 Å². The molecule has 29 heavy (non-hydrogen) atoms. The molecule has 0 aliphatic carbocycles. The molecule has 1 amide bonds. The third-order valence-corrected chi connectivity index (χ3v) is 4.99. The van der Waals surface area contributed by atoms with Crippen LogP contribution in [0.3, 0.4) is 0 Å². The number of sulfonamides is 1. The Hall–Kier alpha value is -3.47. The number of para-hydroxylation sites is 2. The number of carbonyl (C=O) groups is 1. The van der Waals surface area contributed by atoms with Crippen LogP contribution in [-0.2, 0) is 14.8 Å². The number of anilines is 1. The van der Waals surface area contributed by atoms with Crippen molar-refractivity contribution < 1.29 is 22.9 Å². The molecule has 0 radical (unpaired) electrons. The first-order chi connectivity index (χ1) is 13.6. The average molecular weight is 420 g/mol. The average Bonchev–Trinajstić information content (AvgIpc) is 2.69. The Morgan fingerprint density at radius 2 is 1.93 bits per heavy atom. The molecule has 0 atom stereocenters. The van der Waals surface area contributed by atoms with Gasteiger partial charge in [-0.1, -0.05) is 24.3 Å². The lowest BCUT2D eigenvalue weighted by molar-refractivity contribution is -0.384. The van der Waals surface area contributed by atoms with Crippen molar-refractivity contribution in [3.63, 3.8) is 0 Å². The summed E-state index contributed by atoms with van der Waals surface area (Å²) in [6.45, 7) is 1.04. The summed E-state index contributed by atoms with van der Waals surface area (Å²) in [5, 5.41) is 14.8. The zero-order valence-electron chi connectivity index (χ0n) is 16.0. The van der Waals surface area contributed by atoms with Crippen molar-refractivity contribution >= 4 is 33.0 Å². The smallest absolute Gasteiger partial charge is 0.270 e. The molecule has 2 aromatic rings. The zero-order valence-corrected chi connectivity index (χ0v) is 16.8. The molecule has 0 aliphatic rings. The van der Waals surface area contributed by atoms with E-state index >= 15 is 0 Å². The molecule has 0 bridgehead atoms. The second-order valence-corrected chi connectivity index (χ2v) is 7.89. The Morgan fingerprint density at radius 1 is 1.24 bits per heavy atom. The number of hydrazone groups is 1. The van der Waals surface area contributed by atoms with E-state index in [0.29, 0.717) is 17.0 Å². The highest BCUT2D eigenvalue weighted by atomic mass is 32.2. The molecule has 11 heteroatoms. The van der Waals surface area contributed by atoms with Crippen LogP contribution in [0.5, 0.6) is 5.75 Å². The number of benzene rings is 2. The minimum atomic E-state index is -3.78. The third kappa shape index (κ3) is 5.75. The van der Waals surface area contributed by atoms with Crippen molar-refractivity contribution in [3.8, 4) is 5.75 Å². The minimum Gasteiger partial charge on any atom is -0.495 e. The Kier molecular flexibility index (Phi) is 6.89. The van der Waals surface area contributed by atoms with E-state index in [9.17, 15) is 23.3 Å². The van der Waals surface area contributed by atoms with Gasteiger partial charge in [-0.3, -0.25) is 19.2 Å². The van der Waals surface area contributed by atoms with Crippen LogP contribution in [0.2, 0.25) is 0 Å². The summed E-state index contributed by atoms with van der Waals surface area (Å²) in [7, 11) is -2.39. The number of non-ortho nitro benzene ring substituents is 1. The standard InChI is InChI=1S/C18H20N4O6S/c1-13(14-7-6-8-15(11-14)22(24)25)19-20-18(23)12-21(29(3,26)27)16-9-4-5-10-17(16)28-2/h4-11H,12H2,1-3H3,(H,20,23)/b19-13+. The van der Waals surface area contributed by atoms with Gasteiger partial charge in [0, 0.05) is 17.7 Å². The van der Waals surface area contributed by atoms with Gasteiger partial charge in [-0.25, -0.2) is 13.8 Å². The molecule has 0 fully saturated rings. The molecule has 10 nitrogen and oxygen atoms in total. The second-order valence-electron chi connectivity index (χ2n) is 5.98. The lowest BCUT2D eigenvalue weighted by atomic mass is 10.1. The van der Waals surface area contributed by atoms with Gasteiger partial charge in [-0.2, -0.15) is 5.10 Å². The number of hydrogen-bond donors (Lipinski definition) is 1. The fourth-order valence-corrected chi connectivity index (χ4v) is 3.30. The Balaban J connectivity index is 2.20. The number of methoxy groups -OCH3 is 1. The van der Waals surface area contributed by atoms with Crippen LogP contribution in [-0.4, -0.2) is 44.9 Å². The van der Waals surface area contributed by atoms with E-state index in [-0.39, 0.29) is 11.4 Å². The van der Waals surface area contributed by atoms with E-state index in [1.807, 2.05) is 0 Å². The lowest BCUT2D eigenvalue weighted by Gasteiger charge is -2.23. The topological polar surface area (TPSA) is 131 Å². The molecule has 0 heterocycles. The number of nitrogens with one attached hydrogen (secondary N) is 1. The van der Waals surface area contributed by atoms with Gasteiger partial charge < -0.3 is 4.74 Å². The summed E-state index contributed by atoms with van der Waals surface area (Å²) in [6, 6.07) is 12.2. The summed E-state index contributed by atoms with van der Waals surface area (Å²) < 4.78 is 30.4. The van der Waals surface area contributed by atoms with Crippen LogP contribution < -0.4 is 14.5 Å². The Morgan fingerprint density at radius 3 is 2.55 bits per heavy atom. The predicted molar refractivity (Wildman–Crippen MR) is 109 cm³/mol. The fourth-order valence-electron chi connectivity index (χ4n) is 2.44. The Bertz CT molecular complexity index is 1050. The number of carbonyl (C=O) groups excluding carboxylic acids is 1. The molecular formula is C18H20N4O6S. The number of nitro groups is 1. The Labute approximate surface area is 168 Å². The quantitative estimate of drug-likeness (QED) is 0.394. The van der Waals surface area contributed by atoms with Crippen molar-refractivity contribution in [2.24, 2.45) is 5.10 Å². The molecule has 0 aromatic heterocycles. The zero-order chi connectivity index (χ0) is 21.6. The van der Waals surface area contributed by atoms with Crippen LogP contribution in [0.4, 0.5) is 11.4 Å². The highest BCUT2D eigenvalue weighted by molar-refractivity contribution is 7.92. The summed E-state index contributed by atoms with van der Waals surface area (Å²) in [5.74, 6) is -0.395. The van der Waals surface area contributed by atoms with Crippen molar-refractivity contribution in [2.75, 3.05) is 24.2 Å². The lowest BCUT2D eigenvalue weighted by Crippen LogP contribution is -2.39. The summed E-state index contributed by atoms with van der Waals surface area (Å²) in [6.07, 6.45) is 0.977. The maximum atomic E-state index is 12.3. The number of hydrogen-bond acceptors (Lipinski definition) is 7. The predicted octanol–water partition coefficient (Wildman–Crippen LogP) is 1.91. The molecule has 2 rings (SSSR count). The van der Waals surface area contributed by atoms with Gasteiger partial charge >= 0.3 is 0 Å². The summed E-state index contributed by atoms with van der Waals surface area (Å²) in [4.78, 5) is 22.6. The van der Waals surface area contributed by atoms with Crippen molar-refractivity contribution in [3.05, 3.63) is 64.2 Å². The molecule has 0 unspecified atom stereocenters. The van der Waals surface area contributed by atoms with Gasteiger partial charge in [0.05, 0.1) is 29.7 Å². The van der Waals surface area contributed by atoms with Crippen LogP contribution >= 0.6 is 0 Å². The maximum Gasteiger partial charge on any atom is 0.270 e. The molecule has 0 saturated carbocycles. The number of nitro benzene ring substituents is 1. The van der Waals surface area contributed by atoms with E-state index in [1.54, 1.807) is 31.2 Å². The van der Waals surface area contributed by atoms with E-state index < -0.39 is 27.4 Å². The number of ether oxygens (including phenoxy) is 1. The molecule has 154 valence electrons. The third-order valence-electron chi connectivity index (χ3n) is 3.86. The highest BCUT2D eigenvalue weighted by Gasteiger charge is 2.23. The van der Waals surface area contributed by atoms with Crippen LogP contribution in [0.25, 0.3) is 0 Å². The van der Waals surface area contributed by atoms with Crippen LogP contribution in [0, 0.1) is 10.1 Å². The molecule has 2 aromatic carbocycles. The maximum absolute atomic E-state index is 12.3. The summed E-state index contributed by atoms with van der Waals surface area (Å²) >= 11 is 0. The van der Waals surface area contributed by atoms with Crippen molar-refractivity contribution in [1.29, 1.82) is 0 Å². The molecular weight excluding hydrogens is 400 g/mol. The largest absolute Gasteiger partial charge is 0.495 e. The second kappa shape index (κ2) is 9.15. The first kappa shape index (κ1) is 21.8. The monoisotopic (exact) mass is 420 g/mol. The normalized spacial score (nSPS) is 11.6. The first-order valence-electron chi connectivity index (χ1n) is 8.32. The van der Waals surface area contributed by atoms with Gasteiger partial charge in [-0.05, 0) is 19.1 Å². The van der Waals surface area contributed by atoms with E-state index in [2.05, 4.69) is 10.5 Å². The molecule has 0 spiro atoms. The van der Waals surface area contributed by atoms with E-state index in [1.165, 1.54) is 31.4 Å². The number of amides is 1. The summed E-state index contributed by atoms with van der Waals surface area (Å²) in [5.41, 5.74) is 3.15. The molecule has 1 N–H and O–H groups in total. The van der Waals surface area contributed by atoms with Gasteiger partial charge in [0.1, 0.15) is 12.3 Å². The fraction of sp³-hybridized carbons (Fsp3) is 0.222. The van der Waals surface area contributed by atoms with Gasteiger partial charge in [0.25, 0.3) is 11.6 Å². The van der Waals surface area contributed by atoms with E-state index in [0.717, 1.165) is 10.6 Å². The number of nitrogens with zero attached hydrogens (tertiary/aromatic N) is 3. The van der Waals surface area contributed by atoms with Crippen LogP contribution in [0.15, 0.2) is 53.6 Å². The molecule has 0 saturated heterocycles. The number of rotatable bonds is 8. The van der Waals surface area contributed by atoms with Gasteiger partial charge in [-0.15, -0.1) is 0 Å². The van der Waals surface area contributed by atoms with Crippen molar-refractivity contribution in [1.82, 2.24) is 5.43 Å². The first-order valence-corrected chi connectivity index (χ1v) is 10.2. The van der Waals surface area contributed by atoms with Crippen LogP contribution in [0.1, 0.15) is 12.5 Å².